The number of anilines is 1. The van der Waals surface area contributed by atoms with Crippen molar-refractivity contribution >= 4 is 35.6 Å². The van der Waals surface area contributed by atoms with E-state index in [1.54, 1.807) is 0 Å². The third-order valence-corrected chi connectivity index (χ3v) is 5.51. The molecule has 1 heterocycles. The van der Waals surface area contributed by atoms with E-state index in [0.717, 1.165) is 44.9 Å². The lowest BCUT2D eigenvalue weighted by Gasteiger charge is -2.29. The van der Waals surface area contributed by atoms with Gasteiger partial charge in [0, 0.05) is 52.1 Å². The lowest BCUT2D eigenvalue weighted by Crippen LogP contribution is -2.38. The Bertz CT molecular complexity index is 567. The van der Waals surface area contributed by atoms with Crippen LogP contribution in [0.2, 0.25) is 0 Å². The summed E-state index contributed by atoms with van der Waals surface area (Å²) in [5, 5.41) is 12.7. The zero-order chi connectivity index (χ0) is 20.2. The molecule has 0 radical (unpaired) electrons. The van der Waals surface area contributed by atoms with Crippen LogP contribution in [-0.4, -0.2) is 55.8 Å². The van der Waals surface area contributed by atoms with Crippen molar-refractivity contribution in [3.05, 3.63) is 29.8 Å². The third kappa shape index (κ3) is 9.11. The van der Waals surface area contributed by atoms with E-state index in [9.17, 15) is 5.11 Å². The van der Waals surface area contributed by atoms with Crippen LogP contribution in [0.1, 0.15) is 57.9 Å². The zero-order valence-electron chi connectivity index (χ0n) is 18.6. The number of hydrogen-bond donors (Lipinski definition) is 2. The Morgan fingerprint density at radius 2 is 1.83 bits per heavy atom. The SMILES string of the molecule is CCCC(CCO)CN=C(NCC)N(C)Cc1ccc(N2CCCCC2)cc1.I. The molecule has 0 spiro atoms. The fourth-order valence-electron chi connectivity index (χ4n) is 3.92. The normalized spacial score (nSPS) is 15.6. The number of aliphatic hydroxyl groups is 1. The predicted octanol–water partition coefficient (Wildman–Crippen LogP) is 4.49. The molecule has 0 aromatic heterocycles. The van der Waals surface area contributed by atoms with Gasteiger partial charge in [-0.25, -0.2) is 0 Å². The van der Waals surface area contributed by atoms with Gasteiger partial charge >= 0.3 is 0 Å². The first kappa shape index (κ1) is 26.0. The highest BCUT2D eigenvalue weighted by molar-refractivity contribution is 14.0. The van der Waals surface area contributed by atoms with E-state index in [1.165, 1.54) is 43.6 Å². The Hall–Kier alpha value is -1.02. The van der Waals surface area contributed by atoms with Crippen LogP contribution in [-0.2, 0) is 6.54 Å². The zero-order valence-corrected chi connectivity index (χ0v) is 20.9. The molecule has 166 valence electrons. The summed E-state index contributed by atoms with van der Waals surface area (Å²) in [5.74, 6) is 1.41. The maximum Gasteiger partial charge on any atom is 0.193 e. The van der Waals surface area contributed by atoms with Crippen molar-refractivity contribution in [2.45, 2.75) is 58.9 Å². The summed E-state index contributed by atoms with van der Waals surface area (Å²) >= 11 is 0. The minimum Gasteiger partial charge on any atom is -0.396 e. The molecule has 0 amide bonds. The molecule has 2 N–H and O–H groups in total. The Morgan fingerprint density at radius 3 is 2.41 bits per heavy atom. The van der Waals surface area contributed by atoms with E-state index < -0.39 is 0 Å². The van der Waals surface area contributed by atoms with Crippen molar-refractivity contribution in [3.8, 4) is 0 Å². The van der Waals surface area contributed by atoms with Gasteiger partial charge in [0.05, 0.1) is 0 Å². The van der Waals surface area contributed by atoms with Gasteiger partial charge in [-0.3, -0.25) is 4.99 Å². The molecule has 0 aliphatic carbocycles. The van der Waals surface area contributed by atoms with Crippen molar-refractivity contribution in [2.75, 3.05) is 44.7 Å². The minimum atomic E-state index is 0. The van der Waals surface area contributed by atoms with E-state index in [2.05, 4.69) is 60.3 Å². The molecule has 1 saturated heterocycles. The fourth-order valence-corrected chi connectivity index (χ4v) is 3.92. The number of aliphatic hydroxyl groups excluding tert-OH is 1. The smallest absolute Gasteiger partial charge is 0.193 e. The molecule has 0 saturated carbocycles. The standard InChI is InChI=1S/C23H40N4O.HI/c1-4-9-20(14-17-28)18-25-23(24-5-2)26(3)19-21-10-12-22(13-11-21)27-15-7-6-8-16-27;/h10-13,20,28H,4-9,14-19H2,1-3H3,(H,24,25);1H. The monoisotopic (exact) mass is 516 g/mol. The van der Waals surface area contributed by atoms with Crippen molar-refractivity contribution in [2.24, 2.45) is 10.9 Å². The van der Waals surface area contributed by atoms with Crippen LogP contribution in [0, 0.1) is 5.92 Å². The average Bonchev–Trinajstić information content (AvgIpc) is 2.72. The second-order valence-corrected chi connectivity index (χ2v) is 7.93. The fraction of sp³-hybridized carbons (Fsp3) is 0.696. The molecule has 29 heavy (non-hydrogen) atoms. The van der Waals surface area contributed by atoms with Crippen molar-refractivity contribution in [3.63, 3.8) is 0 Å². The maximum absolute atomic E-state index is 9.27. The van der Waals surface area contributed by atoms with Crippen molar-refractivity contribution < 1.29 is 5.11 Å². The van der Waals surface area contributed by atoms with Crippen LogP contribution in [0.3, 0.4) is 0 Å². The molecular formula is C23H41IN4O. The highest BCUT2D eigenvalue weighted by atomic mass is 127. The molecule has 1 aromatic rings. The third-order valence-electron chi connectivity index (χ3n) is 5.51. The molecule has 6 heteroatoms. The Kier molecular flexibility index (Phi) is 13.4. The quantitative estimate of drug-likeness (QED) is 0.274. The molecule has 1 aliphatic rings. The number of guanidine groups is 1. The lowest BCUT2D eigenvalue weighted by atomic mass is 10.0. The van der Waals surface area contributed by atoms with E-state index in [0.29, 0.717) is 5.92 Å². The Balaban J connectivity index is 0.00000420. The van der Waals surface area contributed by atoms with Crippen LogP contribution >= 0.6 is 24.0 Å². The summed E-state index contributed by atoms with van der Waals surface area (Å²) in [6, 6.07) is 9.01. The molecule has 0 bridgehead atoms. The number of rotatable bonds is 10. The van der Waals surface area contributed by atoms with Gasteiger partial charge in [-0.05, 0) is 62.6 Å². The minimum absolute atomic E-state index is 0. The van der Waals surface area contributed by atoms with Crippen LogP contribution in [0.5, 0.6) is 0 Å². The van der Waals surface area contributed by atoms with E-state index >= 15 is 0 Å². The number of piperidine rings is 1. The van der Waals surface area contributed by atoms with Gasteiger partial charge in [-0.2, -0.15) is 0 Å². The summed E-state index contributed by atoms with van der Waals surface area (Å²) in [7, 11) is 2.10. The molecular weight excluding hydrogens is 475 g/mol. The number of benzene rings is 1. The van der Waals surface area contributed by atoms with Gasteiger partial charge in [0.25, 0.3) is 0 Å². The maximum atomic E-state index is 9.27. The predicted molar refractivity (Wildman–Crippen MR) is 135 cm³/mol. The molecule has 1 aliphatic heterocycles. The van der Waals surface area contributed by atoms with Gasteiger partial charge in [0.15, 0.2) is 5.96 Å². The van der Waals surface area contributed by atoms with Gasteiger partial charge in [0.1, 0.15) is 0 Å². The van der Waals surface area contributed by atoms with Gasteiger partial charge in [-0.15, -0.1) is 24.0 Å². The van der Waals surface area contributed by atoms with E-state index in [1.807, 2.05) is 0 Å². The summed E-state index contributed by atoms with van der Waals surface area (Å²) < 4.78 is 0. The van der Waals surface area contributed by atoms with Crippen molar-refractivity contribution in [1.29, 1.82) is 0 Å². The summed E-state index contributed by atoms with van der Waals surface area (Å²) in [6.45, 7) is 9.38. The van der Waals surface area contributed by atoms with Gasteiger partial charge < -0.3 is 20.2 Å². The first-order valence-corrected chi connectivity index (χ1v) is 11.1. The summed E-state index contributed by atoms with van der Waals surface area (Å²) in [4.78, 5) is 9.54. The summed E-state index contributed by atoms with van der Waals surface area (Å²) in [6.07, 6.45) is 7.06. The number of hydrogen-bond acceptors (Lipinski definition) is 3. The second kappa shape index (κ2) is 14.9. The van der Waals surface area contributed by atoms with Crippen LogP contribution in [0.25, 0.3) is 0 Å². The Labute approximate surface area is 195 Å². The van der Waals surface area contributed by atoms with Crippen LogP contribution in [0.4, 0.5) is 5.69 Å². The first-order valence-electron chi connectivity index (χ1n) is 11.1. The first-order chi connectivity index (χ1) is 13.7. The summed E-state index contributed by atoms with van der Waals surface area (Å²) in [5.41, 5.74) is 2.65. The highest BCUT2D eigenvalue weighted by Crippen LogP contribution is 2.20. The number of aliphatic imine (C=N–C) groups is 1. The number of nitrogens with zero attached hydrogens (tertiary/aromatic N) is 3. The van der Waals surface area contributed by atoms with Crippen LogP contribution in [0.15, 0.2) is 29.3 Å². The van der Waals surface area contributed by atoms with Gasteiger partial charge in [0.2, 0.25) is 0 Å². The number of nitrogens with one attached hydrogen (secondary N) is 1. The lowest BCUT2D eigenvalue weighted by molar-refractivity contribution is 0.253. The topological polar surface area (TPSA) is 51.1 Å². The van der Waals surface area contributed by atoms with Gasteiger partial charge in [-0.1, -0.05) is 25.5 Å². The molecule has 5 nitrogen and oxygen atoms in total. The Morgan fingerprint density at radius 1 is 1.14 bits per heavy atom. The van der Waals surface area contributed by atoms with E-state index in [4.69, 9.17) is 4.99 Å². The molecule has 2 rings (SSSR count). The van der Waals surface area contributed by atoms with Crippen LogP contribution < -0.4 is 10.2 Å². The van der Waals surface area contributed by atoms with E-state index in [-0.39, 0.29) is 30.6 Å². The molecule has 1 fully saturated rings. The van der Waals surface area contributed by atoms with Crippen molar-refractivity contribution in [1.82, 2.24) is 10.2 Å². The highest BCUT2D eigenvalue weighted by Gasteiger charge is 2.12. The average molecular weight is 517 g/mol. The number of halogens is 1. The molecule has 1 aromatic carbocycles. The largest absolute Gasteiger partial charge is 0.396 e. The molecule has 1 atom stereocenters. The second-order valence-electron chi connectivity index (χ2n) is 7.93. The molecule has 1 unspecified atom stereocenters.